The topological polar surface area (TPSA) is 49.8 Å². The number of rotatable bonds is 3. The monoisotopic (exact) mass is 299 g/mol. The third-order valence-electron chi connectivity index (χ3n) is 2.91. The first-order chi connectivity index (χ1) is 8.15. The zero-order valence-electron chi connectivity index (χ0n) is 9.52. The van der Waals surface area contributed by atoms with E-state index in [0.29, 0.717) is 18.7 Å². The first-order valence-corrected chi connectivity index (χ1v) is 6.19. The number of amides is 1. The van der Waals surface area contributed by atoms with Gasteiger partial charge >= 0.3 is 0 Å². The van der Waals surface area contributed by atoms with Crippen molar-refractivity contribution in [3.8, 4) is 5.75 Å². The summed E-state index contributed by atoms with van der Waals surface area (Å²) in [5.74, 6) is 0.785. The Morgan fingerprint density at radius 1 is 1.59 bits per heavy atom. The summed E-state index contributed by atoms with van der Waals surface area (Å²) in [5.41, 5.74) is 0.811. The molecule has 4 nitrogen and oxygen atoms in total. The Hall–Kier alpha value is -1.07. The predicted molar refractivity (Wildman–Crippen MR) is 68.2 cm³/mol. The third-order valence-corrected chi connectivity index (χ3v) is 3.56. The Labute approximate surface area is 108 Å². The molecule has 1 heterocycles. The highest BCUT2D eigenvalue weighted by Gasteiger charge is 2.30. The lowest BCUT2D eigenvalue weighted by Crippen LogP contribution is -2.24. The lowest BCUT2D eigenvalue weighted by atomic mass is 10.1. The second-order valence-electron chi connectivity index (χ2n) is 4.08. The van der Waals surface area contributed by atoms with Crippen molar-refractivity contribution in [2.24, 2.45) is 5.92 Å². The van der Waals surface area contributed by atoms with Crippen LogP contribution >= 0.6 is 15.9 Å². The minimum Gasteiger partial charge on any atom is -0.495 e. The van der Waals surface area contributed by atoms with E-state index >= 15 is 0 Å². The maximum absolute atomic E-state index is 11.8. The van der Waals surface area contributed by atoms with Gasteiger partial charge in [0.05, 0.1) is 11.6 Å². The fraction of sp³-hybridized carbons (Fsp3) is 0.417. The summed E-state index contributed by atoms with van der Waals surface area (Å²) in [5, 5.41) is 9.08. The molecule has 1 unspecified atom stereocenters. The van der Waals surface area contributed by atoms with E-state index in [2.05, 4.69) is 15.9 Å². The van der Waals surface area contributed by atoms with Crippen molar-refractivity contribution < 1.29 is 14.6 Å². The molecule has 17 heavy (non-hydrogen) atoms. The summed E-state index contributed by atoms with van der Waals surface area (Å²) in [6.45, 7) is 0.621. The standard InChI is InChI=1S/C12H14BrNO3/c1-17-11-5-9(2-3-10(11)13)14-6-8(7-15)4-12(14)16/h2-3,5,8,15H,4,6-7H2,1H3. The molecule has 2 rings (SSSR count). The highest BCUT2D eigenvalue weighted by atomic mass is 79.9. The Balaban J connectivity index is 2.26. The van der Waals surface area contributed by atoms with Gasteiger partial charge in [-0.3, -0.25) is 4.79 Å². The molecule has 1 atom stereocenters. The Bertz CT molecular complexity index is 436. The van der Waals surface area contributed by atoms with E-state index in [1.54, 1.807) is 12.0 Å². The molecule has 1 N–H and O–H groups in total. The van der Waals surface area contributed by atoms with Crippen LogP contribution in [0.4, 0.5) is 5.69 Å². The maximum atomic E-state index is 11.8. The molecule has 5 heteroatoms. The SMILES string of the molecule is COc1cc(N2CC(CO)CC2=O)ccc1Br. The van der Waals surface area contributed by atoms with Gasteiger partial charge < -0.3 is 14.7 Å². The van der Waals surface area contributed by atoms with Crippen LogP contribution in [0.25, 0.3) is 0 Å². The van der Waals surface area contributed by atoms with Gasteiger partial charge in [-0.2, -0.15) is 0 Å². The van der Waals surface area contributed by atoms with Crippen LogP contribution in [0.2, 0.25) is 0 Å². The van der Waals surface area contributed by atoms with Gasteiger partial charge in [-0.1, -0.05) is 0 Å². The van der Waals surface area contributed by atoms with Crippen molar-refractivity contribution in [2.75, 3.05) is 25.2 Å². The second kappa shape index (κ2) is 5.06. The van der Waals surface area contributed by atoms with Gasteiger partial charge in [-0.15, -0.1) is 0 Å². The Morgan fingerprint density at radius 2 is 2.35 bits per heavy atom. The maximum Gasteiger partial charge on any atom is 0.227 e. The molecule has 1 saturated heterocycles. The number of carbonyl (C=O) groups excluding carboxylic acids is 1. The summed E-state index contributed by atoms with van der Waals surface area (Å²) < 4.78 is 6.06. The molecule has 0 radical (unpaired) electrons. The number of aliphatic hydroxyl groups is 1. The molecule has 1 aliphatic heterocycles. The zero-order chi connectivity index (χ0) is 12.4. The first kappa shape index (κ1) is 12.4. The smallest absolute Gasteiger partial charge is 0.227 e. The van der Waals surface area contributed by atoms with E-state index in [9.17, 15) is 4.79 Å². The van der Waals surface area contributed by atoms with Crippen LogP contribution in [-0.2, 0) is 4.79 Å². The van der Waals surface area contributed by atoms with Gasteiger partial charge in [0.15, 0.2) is 0 Å². The number of aliphatic hydroxyl groups excluding tert-OH is 1. The highest BCUT2D eigenvalue weighted by molar-refractivity contribution is 9.10. The van der Waals surface area contributed by atoms with Crippen LogP contribution in [0, 0.1) is 5.92 Å². The molecule has 1 aliphatic rings. The van der Waals surface area contributed by atoms with Gasteiger partial charge in [0.1, 0.15) is 5.75 Å². The molecule has 0 saturated carbocycles. The van der Waals surface area contributed by atoms with Crippen LogP contribution in [0.15, 0.2) is 22.7 Å². The summed E-state index contributed by atoms with van der Waals surface area (Å²) in [6.07, 6.45) is 0.412. The van der Waals surface area contributed by atoms with Crippen molar-refractivity contribution in [3.05, 3.63) is 22.7 Å². The van der Waals surface area contributed by atoms with E-state index in [4.69, 9.17) is 9.84 Å². The number of ether oxygens (including phenoxy) is 1. The third kappa shape index (κ3) is 2.45. The van der Waals surface area contributed by atoms with Crippen molar-refractivity contribution in [2.45, 2.75) is 6.42 Å². The molecule has 1 aromatic rings. The number of carbonyl (C=O) groups is 1. The molecule has 0 aromatic heterocycles. The van der Waals surface area contributed by atoms with E-state index < -0.39 is 0 Å². The normalized spacial score (nSPS) is 19.8. The first-order valence-electron chi connectivity index (χ1n) is 5.40. The van der Waals surface area contributed by atoms with Crippen molar-refractivity contribution in [1.82, 2.24) is 0 Å². The number of hydrogen-bond acceptors (Lipinski definition) is 3. The molecule has 92 valence electrons. The van der Waals surface area contributed by atoms with Crippen molar-refractivity contribution in [3.63, 3.8) is 0 Å². The lowest BCUT2D eigenvalue weighted by Gasteiger charge is -2.17. The fourth-order valence-electron chi connectivity index (χ4n) is 1.97. The van der Waals surface area contributed by atoms with E-state index in [1.165, 1.54) is 0 Å². The van der Waals surface area contributed by atoms with Gasteiger partial charge in [0, 0.05) is 37.2 Å². The Morgan fingerprint density at radius 3 is 2.94 bits per heavy atom. The van der Waals surface area contributed by atoms with Crippen LogP contribution < -0.4 is 9.64 Å². The van der Waals surface area contributed by atoms with Gasteiger partial charge in [0.2, 0.25) is 5.91 Å². The van der Waals surface area contributed by atoms with Crippen LogP contribution in [-0.4, -0.2) is 31.3 Å². The minimum absolute atomic E-state index is 0.0390. The number of anilines is 1. The summed E-state index contributed by atoms with van der Waals surface area (Å²) >= 11 is 3.37. The summed E-state index contributed by atoms with van der Waals surface area (Å²) in [4.78, 5) is 13.5. The van der Waals surface area contributed by atoms with Crippen LogP contribution in [0.5, 0.6) is 5.75 Å². The van der Waals surface area contributed by atoms with Crippen LogP contribution in [0.3, 0.4) is 0 Å². The number of methoxy groups -OCH3 is 1. The molecular formula is C12H14BrNO3. The van der Waals surface area contributed by atoms with Gasteiger partial charge in [-0.05, 0) is 28.1 Å². The lowest BCUT2D eigenvalue weighted by molar-refractivity contribution is -0.117. The fourth-order valence-corrected chi connectivity index (χ4v) is 2.38. The minimum atomic E-state index is 0.0390. The van der Waals surface area contributed by atoms with Gasteiger partial charge in [0.25, 0.3) is 0 Å². The molecule has 0 bridgehead atoms. The van der Waals surface area contributed by atoms with E-state index in [1.807, 2.05) is 18.2 Å². The van der Waals surface area contributed by atoms with E-state index in [0.717, 1.165) is 10.2 Å². The zero-order valence-corrected chi connectivity index (χ0v) is 11.1. The predicted octanol–water partition coefficient (Wildman–Crippen LogP) is 1.80. The van der Waals surface area contributed by atoms with E-state index in [-0.39, 0.29) is 18.4 Å². The number of nitrogens with zero attached hydrogens (tertiary/aromatic N) is 1. The molecule has 0 aliphatic carbocycles. The quantitative estimate of drug-likeness (QED) is 0.926. The summed E-state index contributed by atoms with van der Waals surface area (Å²) in [6, 6.07) is 5.54. The van der Waals surface area contributed by atoms with Crippen molar-refractivity contribution in [1.29, 1.82) is 0 Å². The average Bonchev–Trinajstić information content (AvgIpc) is 2.71. The summed E-state index contributed by atoms with van der Waals surface area (Å²) in [7, 11) is 1.59. The number of hydrogen-bond donors (Lipinski definition) is 1. The molecule has 1 amide bonds. The van der Waals surface area contributed by atoms with Crippen LogP contribution in [0.1, 0.15) is 6.42 Å². The number of benzene rings is 1. The number of halogens is 1. The highest BCUT2D eigenvalue weighted by Crippen LogP contribution is 2.32. The average molecular weight is 300 g/mol. The molecule has 1 aromatic carbocycles. The Kier molecular flexibility index (Phi) is 3.69. The molecule has 0 spiro atoms. The molecule has 1 fully saturated rings. The largest absolute Gasteiger partial charge is 0.495 e. The second-order valence-corrected chi connectivity index (χ2v) is 4.93. The van der Waals surface area contributed by atoms with Gasteiger partial charge in [-0.25, -0.2) is 0 Å². The molecular weight excluding hydrogens is 286 g/mol. The van der Waals surface area contributed by atoms with Crippen molar-refractivity contribution >= 4 is 27.5 Å².